The Balaban J connectivity index is 2.13. The van der Waals surface area contributed by atoms with Crippen molar-refractivity contribution in [3.05, 3.63) is 79.9 Å². The third-order valence-electron chi connectivity index (χ3n) is 3.72. The van der Waals surface area contributed by atoms with Gasteiger partial charge < -0.3 is 4.74 Å². The number of benzene rings is 2. The Morgan fingerprint density at radius 2 is 1.61 bits per heavy atom. The van der Waals surface area contributed by atoms with E-state index >= 15 is 0 Å². The lowest BCUT2D eigenvalue weighted by Gasteiger charge is -2.33. The Labute approximate surface area is 135 Å². The summed E-state index contributed by atoms with van der Waals surface area (Å²) in [4.78, 5) is 0. The molecule has 0 atom stereocenters. The predicted molar refractivity (Wildman–Crippen MR) is 92.2 cm³/mol. The average molecular weight is 305 g/mol. The monoisotopic (exact) mass is 305 g/mol. The lowest BCUT2D eigenvalue weighted by molar-refractivity contribution is -0.0128. The van der Waals surface area contributed by atoms with Gasteiger partial charge in [0, 0.05) is 12.8 Å². The van der Waals surface area contributed by atoms with Crippen molar-refractivity contribution in [3.8, 4) is 5.75 Å². The fraction of sp³-hybridized carbons (Fsp3) is 0.158. The maximum absolute atomic E-state index is 6.35. The molecule has 0 aliphatic heterocycles. The van der Waals surface area contributed by atoms with Gasteiger partial charge in [-0.2, -0.15) is 0 Å². The maximum atomic E-state index is 6.35. The van der Waals surface area contributed by atoms with Gasteiger partial charge in [0.1, 0.15) is 11.3 Å². The minimum Gasteiger partial charge on any atom is -0.465 e. The Hall–Kier alpha value is -2.88. The highest BCUT2D eigenvalue weighted by atomic mass is 16.5. The predicted octanol–water partition coefficient (Wildman–Crippen LogP) is 4.32. The molecule has 0 saturated carbocycles. The largest absolute Gasteiger partial charge is 0.465 e. The van der Waals surface area contributed by atoms with Crippen LogP contribution in [0.3, 0.4) is 0 Å². The van der Waals surface area contributed by atoms with Gasteiger partial charge in [-0.15, -0.1) is 18.3 Å². The van der Waals surface area contributed by atoms with E-state index in [1.807, 2.05) is 71.4 Å². The third kappa shape index (κ3) is 2.88. The number of aromatic nitrogens is 3. The van der Waals surface area contributed by atoms with Gasteiger partial charge in [0.15, 0.2) is 0 Å². The van der Waals surface area contributed by atoms with Crippen LogP contribution in [-0.2, 0) is 5.72 Å². The van der Waals surface area contributed by atoms with E-state index in [0.717, 1.165) is 16.8 Å². The zero-order valence-electron chi connectivity index (χ0n) is 12.9. The number of hydrogen-bond donors (Lipinski definition) is 0. The smallest absolute Gasteiger partial charge is 0.211 e. The summed E-state index contributed by atoms with van der Waals surface area (Å²) in [5.41, 5.74) is 1.02. The van der Waals surface area contributed by atoms with Crippen molar-refractivity contribution in [2.75, 3.05) is 0 Å². The van der Waals surface area contributed by atoms with Gasteiger partial charge in [0.2, 0.25) is 5.72 Å². The summed E-state index contributed by atoms with van der Waals surface area (Å²) < 4.78 is 8.19. The van der Waals surface area contributed by atoms with Gasteiger partial charge in [-0.25, -0.2) is 4.68 Å². The molecule has 2 aromatic carbocycles. The standard InChI is InChI=1S/C19H19N3O/c1-3-14-19(15-4-2,23-16-10-6-5-7-11-16)22-18-13-9-8-12-17(18)20-21-22/h3-13H,1-2,14-15H2. The van der Waals surface area contributed by atoms with E-state index in [1.54, 1.807) is 0 Å². The van der Waals surface area contributed by atoms with Crippen LogP contribution >= 0.6 is 0 Å². The van der Waals surface area contributed by atoms with Crippen LogP contribution in [0, 0.1) is 0 Å². The molecule has 116 valence electrons. The molecule has 1 aromatic heterocycles. The van der Waals surface area contributed by atoms with Crippen molar-refractivity contribution in [2.24, 2.45) is 0 Å². The van der Waals surface area contributed by atoms with Crippen LogP contribution in [0.5, 0.6) is 5.75 Å². The fourth-order valence-corrected chi connectivity index (χ4v) is 2.71. The maximum Gasteiger partial charge on any atom is 0.211 e. The number of nitrogens with zero attached hydrogens (tertiary/aromatic N) is 3. The highest BCUT2D eigenvalue weighted by Crippen LogP contribution is 2.32. The second-order valence-corrected chi connectivity index (χ2v) is 5.34. The van der Waals surface area contributed by atoms with Crippen molar-refractivity contribution < 1.29 is 4.74 Å². The fourth-order valence-electron chi connectivity index (χ4n) is 2.71. The number of hydrogen-bond acceptors (Lipinski definition) is 3. The lowest BCUT2D eigenvalue weighted by Crippen LogP contribution is -2.40. The molecular formula is C19H19N3O. The molecule has 0 N–H and O–H groups in total. The van der Waals surface area contributed by atoms with Crippen LogP contribution in [0.4, 0.5) is 0 Å². The number of fused-ring (bicyclic) bond motifs is 1. The van der Waals surface area contributed by atoms with Crippen LogP contribution in [-0.4, -0.2) is 15.0 Å². The molecule has 0 aliphatic carbocycles. The first-order chi connectivity index (χ1) is 11.3. The van der Waals surface area contributed by atoms with Crippen molar-refractivity contribution in [1.82, 2.24) is 15.0 Å². The normalized spacial score (nSPS) is 11.3. The van der Waals surface area contributed by atoms with E-state index in [4.69, 9.17) is 4.74 Å². The summed E-state index contributed by atoms with van der Waals surface area (Å²) >= 11 is 0. The topological polar surface area (TPSA) is 39.9 Å². The van der Waals surface area contributed by atoms with E-state index < -0.39 is 5.72 Å². The molecule has 0 radical (unpaired) electrons. The average Bonchev–Trinajstić information content (AvgIpc) is 3.01. The quantitative estimate of drug-likeness (QED) is 0.610. The van der Waals surface area contributed by atoms with Crippen molar-refractivity contribution >= 4 is 11.0 Å². The molecule has 4 heteroatoms. The van der Waals surface area contributed by atoms with Crippen molar-refractivity contribution in [3.63, 3.8) is 0 Å². The van der Waals surface area contributed by atoms with Crippen molar-refractivity contribution in [1.29, 1.82) is 0 Å². The number of rotatable bonds is 7. The van der Waals surface area contributed by atoms with Gasteiger partial charge in [0.25, 0.3) is 0 Å². The number of ether oxygens (including phenoxy) is 1. The summed E-state index contributed by atoms with van der Waals surface area (Å²) in [6.07, 6.45) is 4.84. The van der Waals surface area contributed by atoms with Crippen LogP contribution in [0.2, 0.25) is 0 Å². The van der Waals surface area contributed by atoms with Crippen molar-refractivity contribution in [2.45, 2.75) is 18.6 Å². The van der Waals surface area contributed by atoms with Gasteiger partial charge in [-0.3, -0.25) is 0 Å². The van der Waals surface area contributed by atoms with E-state index in [2.05, 4.69) is 23.5 Å². The van der Waals surface area contributed by atoms with E-state index in [0.29, 0.717) is 12.8 Å². The molecule has 3 aromatic rings. The molecule has 0 aliphatic rings. The highest BCUT2D eigenvalue weighted by Gasteiger charge is 2.35. The first kappa shape index (κ1) is 15.0. The summed E-state index contributed by atoms with van der Waals surface area (Å²) in [5.74, 6) is 0.774. The molecule has 0 unspecified atom stereocenters. The van der Waals surface area contributed by atoms with Crippen LogP contribution in [0.1, 0.15) is 12.8 Å². The Morgan fingerprint density at radius 1 is 0.957 bits per heavy atom. The first-order valence-corrected chi connectivity index (χ1v) is 7.56. The third-order valence-corrected chi connectivity index (χ3v) is 3.72. The summed E-state index contributed by atoms with van der Waals surface area (Å²) in [5, 5.41) is 8.60. The van der Waals surface area contributed by atoms with E-state index in [9.17, 15) is 0 Å². The zero-order chi connectivity index (χ0) is 16.1. The molecule has 0 bridgehead atoms. The molecule has 4 nitrogen and oxygen atoms in total. The SMILES string of the molecule is C=CCC(CC=C)(Oc1ccccc1)n1nnc2ccccc21. The van der Waals surface area contributed by atoms with Gasteiger partial charge in [0.05, 0.1) is 5.52 Å². The molecule has 0 fully saturated rings. The lowest BCUT2D eigenvalue weighted by atomic mass is 10.0. The summed E-state index contributed by atoms with van der Waals surface area (Å²) in [7, 11) is 0. The Bertz CT molecular complexity index is 798. The molecule has 0 amide bonds. The van der Waals surface area contributed by atoms with Gasteiger partial charge in [-0.1, -0.05) is 47.7 Å². The minimum absolute atomic E-state index is 0.585. The molecule has 3 rings (SSSR count). The van der Waals surface area contributed by atoms with Crippen LogP contribution in [0.25, 0.3) is 11.0 Å². The Kier molecular flexibility index (Phi) is 4.24. The number of para-hydroxylation sites is 2. The van der Waals surface area contributed by atoms with Crippen LogP contribution in [0.15, 0.2) is 79.9 Å². The van der Waals surface area contributed by atoms with E-state index in [-0.39, 0.29) is 0 Å². The summed E-state index contributed by atoms with van der Waals surface area (Å²) in [6.45, 7) is 7.77. The van der Waals surface area contributed by atoms with Gasteiger partial charge in [-0.05, 0) is 24.3 Å². The van der Waals surface area contributed by atoms with Crippen LogP contribution < -0.4 is 4.74 Å². The van der Waals surface area contributed by atoms with E-state index in [1.165, 1.54) is 0 Å². The molecule has 0 spiro atoms. The zero-order valence-corrected chi connectivity index (χ0v) is 12.9. The Morgan fingerprint density at radius 3 is 2.30 bits per heavy atom. The second kappa shape index (κ2) is 6.48. The second-order valence-electron chi connectivity index (χ2n) is 5.34. The molecular weight excluding hydrogens is 286 g/mol. The van der Waals surface area contributed by atoms with Gasteiger partial charge >= 0.3 is 0 Å². The highest BCUT2D eigenvalue weighted by molar-refractivity contribution is 5.74. The molecule has 1 heterocycles. The summed E-state index contributed by atoms with van der Waals surface area (Å²) in [6, 6.07) is 17.6. The minimum atomic E-state index is -0.735. The molecule has 23 heavy (non-hydrogen) atoms. The molecule has 0 saturated heterocycles. The first-order valence-electron chi connectivity index (χ1n) is 7.56.